The maximum absolute atomic E-state index is 2.65. The van der Waals surface area contributed by atoms with E-state index in [-0.39, 0.29) is 0 Å². The Bertz CT molecular complexity index is 600. The predicted octanol–water partition coefficient (Wildman–Crippen LogP) is 5.32. The molecule has 1 aliphatic heterocycles. The Hall–Kier alpha value is -1.86. The molecule has 0 aromatic heterocycles. The van der Waals surface area contributed by atoms with E-state index in [1.54, 1.807) is 5.57 Å². The van der Waals surface area contributed by atoms with Crippen molar-refractivity contribution in [3.8, 4) is 0 Å². The van der Waals surface area contributed by atoms with Crippen LogP contribution in [0.2, 0.25) is 0 Å². The number of hydrogen-bond donors (Lipinski definition) is 0. The summed E-state index contributed by atoms with van der Waals surface area (Å²) in [6.45, 7) is 4.65. The van der Waals surface area contributed by atoms with Crippen LogP contribution < -0.4 is 0 Å². The second kappa shape index (κ2) is 7.42. The van der Waals surface area contributed by atoms with Crippen LogP contribution in [0.5, 0.6) is 0 Å². The normalized spacial score (nSPS) is 20.6. The van der Waals surface area contributed by atoms with E-state index in [1.807, 2.05) is 0 Å². The van der Waals surface area contributed by atoms with Gasteiger partial charge in [0.2, 0.25) is 0 Å². The third-order valence-electron chi connectivity index (χ3n) is 4.47. The summed E-state index contributed by atoms with van der Waals surface area (Å²) in [6, 6.07) is 22.1. The van der Waals surface area contributed by atoms with E-state index < -0.39 is 0 Å². The lowest BCUT2D eigenvalue weighted by Crippen LogP contribution is -2.24. The van der Waals surface area contributed by atoms with Crippen molar-refractivity contribution in [3.05, 3.63) is 77.4 Å². The predicted molar refractivity (Wildman–Crippen MR) is 94.7 cm³/mol. The molecule has 2 aromatic carbocycles. The number of rotatable bonds is 5. The van der Waals surface area contributed by atoms with Crippen molar-refractivity contribution in [2.24, 2.45) is 0 Å². The van der Waals surface area contributed by atoms with Crippen LogP contribution in [0.3, 0.4) is 0 Å². The van der Waals surface area contributed by atoms with Gasteiger partial charge in [0.15, 0.2) is 0 Å². The molecule has 1 saturated heterocycles. The molecule has 1 heterocycles. The minimum atomic E-state index is 0.452. The first-order chi connectivity index (χ1) is 10.9. The number of hydrogen-bond acceptors (Lipinski definition) is 1. The van der Waals surface area contributed by atoms with E-state index in [0.29, 0.717) is 6.04 Å². The molecule has 0 bridgehead atoms. The third-order valence-corrected chi connectivity index (χ3v) is 4.47. The summed E-state index contributed by atoms with van der Waals surface area (Å²) in [5.41, 5.74) is 4.29. The van der Waals surface area contributed by atoms with Crippen LogP contribution >= 0.6 is 0 Å². The number of nitrogens with zero attached hydrogens (tertiary/aromatic N) is 1. The first-order valence-electron chi connectivity index (χ1n) is 8.43. The molecule has 0 saturated carbocycles. The molecule has 1 nitrogen and oxygen atoms in total. The third kappa shape index (κ3) is 3.48. The monoisotopic (exact) mass is 291 g/mol. The van der Waals surface area contributed by atoms with E-state index in [2.05, 4.69) is 78.6 Å². The highest BCUT2D eigenvalue weighted by atomic mass is 15.2. The van der Waals surface area contributed by atoms with Gasteiger partial charge in [0.05, 0.1) is 6.04 Å². The van der Waals surface area contributed by atoms with Gasteiger partial charge in [0.1, 0.15) is 0 Å². The lowest BCUT2D eigenvalue weighted by molar-refractivity contribution is 0.268. The Morgan fingerprint density at radius 3 is 2.36 bits per heavy atom. The fourth-order valence-electron chi connectivity index (χ4n) is 3.35. The summed E-state index contributed by atoms with van der Waals surface area (Å²) in [5, 5.41) is 0. The SMILES string of the molecule is CCCCN1CC/C(=C\c2ccccc2)C1c1ccccc1. The van der Waals surface area contributed by atoms with Crippen molar-refractivity contribution in [2.45, 2.75) is 32.2 Å². The molecule has 3 rings (SSSR count). The molecule has 1 atom stereocenters. The molecular weight excluding hydrogens is 266 g/mol. The van der Waals surface area contributed by atoms with Crippen LogP contribution in [-0.2, 0) is 0 Å². The summed E-state index contributed by atoms with van der Waals surface area (Å²) < 4.78 is 0. The smallest absolute Gasteiger partial charge is 0.0565 e. The largest absolute Gasteiger partial charge is 0.292 e. The Morgan fingerprint density at radius 2 is 1.68 bits per heavy atom. The van der Waals surface area contributed by atoms with Crippen LogP contribution in [0.4, 0.5) is 0 Å². The molecule has 22 heavy (non-hydrogen) atoms. The van der Waals surface area contributed by atoms with Crippen molar-refractivity contribution in [2.75, 3.05) is 13.1 Å². The molecule has 0 amide bonds. The van der Waals surface area contributed by atoms with Crippen molar-refractivity contribution in [1.29, 1.82) is 0 Å². The van der Waals surface area contributed by atoms with Gasteiger partial charge in [-0.2, -0.15) is 0 Å². The second-order valence-electron chi connectivity index (χ2n) is 6.08. The molecule has 1 unspecified atom stereocenters. The van der Waals surface area contributed by atoms with Crippen LogP contribution in [0.15, 0.2) is 66.2 Å². The van der Waals surface area contributed by atoms with E-state index in [4.69, 9.17) is 0 Å². The number of benzene rings is 2. The summed E-state index contributed by atoms with van der Waals surface area (Å²) in [7, 11) is 0. The molecule has 0 radical (unpaired) electrons. The summed E-state index contributed by atoms with van der Waals surface area (Å²) >= 11 is 0. The number of unbranched alkanes of at least 4 members (excludes halogenated alkanes) is 1. The van der Waals surface area contributed by atoms with E-state index in [0.717, 1.165) is 0 Å². The average molecular weight is 291 g/mol. The molecule has 1 fully saturated rings. The van der Waals surface area contributed by atoms with Gasteiger partial charge in [0.25, 0.3) is 0 Å². The Labute approximate surface area is 134 Å². The molecule has 1 heteroatoms. The van der Waals surface area contributed by atoms with Gasteiger partial charge >= 0.3 is 0 Å². The summed E-state index contributed by atoms with van der Waals surface area (Å²) in [6.07, 6.45) is 6.11. The topological polar surface area (TPSA) is 3.24 Å². The Balaban J connectivity index is 1.90. The molecule has 0 aliphatic carbocycles. The van der Waals surface area contributed by atoms with Crippen LogP contribution in [0.1, 0.15) is 43.4 Å². The maximum Gasteiger partial charge on any atom is 0.0565 e. The standard InChI is InChI=1S/C21H25N/c1-2-3-15-22-16-14-20(17-18-10-6-4-7-11-18)21(22)19-12-8-5-9-13-19/h4-13,17,21H,2-3,14-16H2,1H3/b20-17+. The zero-order valence-electron chi connectivity index (χ0n) is 13.4. The van der Waals surface area contributed by atoms with Gasteiger partial charge in [-0.1, -0.05) is 80.1 Å². The summed E-state index contributed by atoms with van der Waals surface area (Å²) in [4.78, 5) is 2.65. The van der Waals surface area contributed by atoms with Crippen molar-refractivity contribution in [1.82, 2.24) is 4.90 Å². The van der Waals surface area contributed by atoms with Gasteiger partial charge in [-0.3, -0.25) is 4.90 Å². The molecule has 1 aliphatic rings. The second-order valence-corrected chi connectivity index (χ2v) is 6.08. The molecule has 0 spiro atoms. The van der Waals surface area contributed by atoms with Gasteiger partial charge in [0, 0.05) is 6.54 Å². The maximum atomic E-state index is 2.65. The lowest BCUT2D eigenvalue weighted by atomic mass is 9.97. The van der Waals surface area contributed by atoms with E-state index >= 15 is 0 Å². The molecular formula is C21H25N. The fraction of sp³-hybridized carbons (Fsp3) is 0.333. The average Bonchev–Trinajstić information content (AvgIpc) is 2.97. The quantitative estimate of drug-likeness (QED) is 0.721. The Morgan fingerprint density at radius 1 is 1.00 bits per heavy atom. The zero-order chi connectivity index (χ0) is 15.2. The highest BCUT2D eigenvalue weighted by Crippen LogP contribution is 2.37. The molecule has 0 N–H and O–H groups in total. The minimum absolute atomic E-state index is 0.452. The number of likely N-dealkylation sites (tertiary alicyclic amines) is 1. The van der Waals surface area contributed by atoms with Crippen LogP contribution in [-0.4, -0.2) is 18.0 Å². The van der Waals surface area contributed by atoms with Crippen LogP contribution in [0.25, 0.3) is 6.08 Å². The van der Waals surface area contributed by atoms with E-state index in [9.17, 15) is 0 Å². The van der Waals surface area contributed by atoms with Crippen molar-refractivity contribution >= 4 is 6.08 Å². The van der Waals surface area contributed by atoms with E-state index in [1.165, 1.54) is 43.5 Å². The zero-order valence-corrected chi connectivity index (χ0v) is 13.4. The van der Waals surface area contributed by atoms with Crippen molar-refractivity contribution < 1.29 is 0 Å². The summed E-state index contributed by atoms with van der Waals surface area (Å²) in [5.74, 6) is 0. The highest BCUT2D eigenvalue weighted by Gasteiger charge is 2.29. The van der Waals surface area contributed by atoms with Crippen LogP contribution in [0, 0.1) is 0 Å². The van der Waals surface area contributed by atoms with Gasteiger partial charge < -0.3 is 0 Å². The molecule has 2 aromatic rings. The molecule has 114 valence electrons. The van der Waals surface area contributed by atoms with Crippen molar-refractivity contribution in [3.63, 3.8) is 0 Å². The lowest BCUT2D eigenvalue weighted by Gasteiger charge is -2.25. The first-order valence-corrected chi connectivity index (χ1v) is 8.43. The Kier molecular flexibility index (Phi) is 5.07. The van der Waals surface area contributed by atoms with Gasteiger partial charge in [-0.05, 0) is 36.1 Å². The fourth-order valence-corrected chi connectivity index (χ4v) is 3.35. The highest BCUT2D eigenvalue weighted by molar-refractivity contribution is 5.56. The minimum Gasteiger partial charge on any atom is -0.292 e. The first kappa shape index (κ1) is 15.1. The van der Waals surface area contributed by atoms with Gasteiger partial charge in [-0.25, -0.2) is 0 Å². The van der Waals surface area contributed by atoms with Gasteiger partial charge in [-0.15, -0.1) is 0 Å².